The summed E-state index contributed by atoms with van der Waals surface area (Å²) in [5.41, 5.74) is 1.10. The molecular formula is C18H19FN2O2. The maximum Gasteiger partial charge on any atom is 0.308 e. The Bertz CT molecular complexity index is 767. The molecule has 4 nitrogen and oxygen atoms in total. The van der Waals surface area contributed by atoms with Crippen LogP contribution in [0.4, 0.5) is 4.39 Å². The van der Waals surface area contributed by atoms with Crippen LogP contribution in [-0.4, -0.2) is 17.6 Å². The van der Waals surface area contributed by atoms with Crippen molar-refractivity contribution < 1.29 is 13.9 Å². The Hall–Kier alpha value is -2.35. The molecule has 0 radical (unpaired) electrons. The van der Waals surface area contributed by atoms with Gasteiger partial charge in [0.15, 0.2) is 0 Å². The molecule has 0 atom stereocenters. The lowest BCUT2D eigenvalue weighted by molar-refractivity contribution is -0.146. The average Bonchev–Trinajstić information content (AvgIpc) is 2.98. The van der Waals surface area contributed by atoms with Gasteiger partial charge in [0.2, 0.25) is 0 Å². The number of carbonyl (C=O) groups is 1. The maximum absolute atomic E-state index is 14.0. The summed E-state index contributed by atoms with van der Waals surface area (Å²) in [6, 6.07) is 6.76. The van der Waals surface area contributed by atoms with Crippen LogP contribution in [0.15, 0.2) is 24.4 Å². The molecule has 1 aliphatic carbocycles. The second-order valence-electron chi connectivity index (χ2n) is 6.21. The number of ether oxygens (including phenoxy) is 1. The maximum atomic E-state index is 14.0. The van der Waals surface area contributed by atoms with E-state index in [2.05, 4.69) is 0 Å². The average molecular weight is 314 g/mol. The normalized spacial score (nSPS) is 21.1. The van der Waals surface area contributed by atoms with E-state index in [1.54, 1.807) is 12.1 Å². The highest BCUT2D eigenvalue weighted by molar-refractivity contribution is 5.82. The van der Waals surface area contributed by atoms with Gasteiger partial charge in [-0.1, -0.05) is 0 Å². The van der Waals surface area contributed by atoms with Gasteiger partial charge in [-0.25, -0.2) is 4.39 Å². The van der Waals surface area contributed by atoms with Crippen LogP contribution in [0.5, 0.6) is 0 Å². The molecule has 0 unspecified atom stereocenters. The zero-order chi connectivity index (χ0) is 16.4. The molecule has 1 aromatic carbocycles. The fourth-order valence-electron chi connectivity index (χ4n) is 3.50. The number of methoxy groups -OCH3 is 1. The van der Waals surface area contributed by atoms with E-state index in [0.29, 0.717) is 16.9 Å². The summed E-state index contributed by atoms with van der Waals surface area (Å²) in [5.74, 6) is 0.00315. The number of nitriles is 1. The fourth-order valence-corrected chi connectivity index (χ4v) is 3.50. The van der Waals surface area contributed by atoms with Gasteiger partial charge in [-0.2, -0.15) is 5.26 Å². The first-order chi connectivity index (χ1) is 11.1. The number of carbonyl (C=O) groups excluding carboxylic acids is 1. The summed E-state index contributed by atoms with van der Waals surface area (Å²) in [5, 5.41) is 9.55. The smallest absolute Gasteiger partial charge is 0.308 e. The van der Waals surface area contributed by atoms with Crippen molar-refractivity contribution in [3.05, 3.63) is 35.8 Å². The van der Waals surface area contributed by atoms with E-state index in [0.717, 1.165) is 37.7 Å². The van der Waals surface area contributed by atoms with Crippen molar-refractivity contribution in [2.75, 3.05) is 7.11 Å². The molecule has 0 saturated heterocycles. The fraction of sp³-hybridized carbons (Fsp3) is 0.444. The zero-order valence-corrected chi connectivity index (χ0v) is 13.1. The number of aromatic nitrogens is 1. The Morgan fingerprint density at radius 2 is 2.13 bits per heavy atom. The third-order valence-corrected chi connectivity index (χ3v) is 4.80. The Morgan fingerprint density at radius 1 is 1.39 bits per heavy atom. The molecule has 1 aliphatic rings. The lowest BCUT2D eigenvalue weighted by atomic mass is 9.82. The van der Waals surface area contributed by atoms with Crippen molar-refractivity contribution >= 4 is 16.9 Å². The molecule has 120 valence electrons. The molecular weight excluding hydrogens is 295 g/mol. The highest BCUT2D eigenvalue weighted by atomic mass is 19.1. The Labute approximate surface area is 134 Å². The molecule has 0 N–H and O–H groups in total. The summed E-state index contributed by atoms with van der Waals surface area (Å²) in [7, 11) is 1.43. The minimum absolute atomic E-state index is 0.0142. The van der Waals surface area contributed by atoms with Crippen molar-refractivity contribution in [3.8, 4) is 6.07 Å². The number of hydrogen-bond acceptors (Lipinski definition) is 3. The first-order valence-corrected chi connectivity index (χ1v) is 7.88. The number of nitrogens with zero attached hydrogens (tertiary/aromatic N) is 2. The van der Waals surface area contributed by atoms with Gasteiger partial charge >= 0.3 is 5.97 Å². The topological polar surface area (TPSA) is 55.0 Å². The molecule has 1 aromatic heterocycles. The zero-order valence-electron chi connectivity index (χ0n) is 13.1. The quantitative estimate of drug-likeness (QED) is 0.813. The van der Waals surface area contributed by atoms with E-state index in [1.165, 1.54) is 13.2 Å². The predicted molar refractivity (Wildman–Crippen MR) is 84.1 cm³/mol. The third-order valence-electron chi connectivity index (χ3n) is 4.80. The molecule has 23 heavy (non-hydrogen) atoms. The summed E-state index contributed by atoms with van der Waals surface area (Å²) in [6.07, 6.45) is 5.48. The van der Waals surface area contributed by atoms with Gasteiger partial charge in [-0.3, -0.25) is 4.79 Å². The van der Waals surface area contributed by atoms with Crippen molar-refractivity contribution in [1.82, 2.24) is 4.57 Å². The van der Waals surface area contributed by atoms with Crippen molar-refractivity contribution in [2.24, 2.45) is 11.8 Å². The third kappa shape index (κ3) is 3.07. The van der Waals surface area contributed by atoms with Gasteiger partial charge in [0.25, 0.3) is 0 Å². The predicted octanol–water partition coefficient (Wildman–Crippen LogP) is 3.63. The number of fused-ring (bicyclic) bond motifs is 1. The van der Waals surface area contributed by atoms with Gasteiger partial charge in [-0.05, 0) is 49.8 Å². The first kappa shape index (κ1) is 15.5. The van der Waals surface area contributed by atoms with E-state index in [4.69, 9.17) is 10.00 Å². The van der Waals surface area contributed by atoms with E-state index >= 15 is 0 Å². The molecule has 3 rings (SSSR count). The van der Waals surface area contributed by atoms with E-state index < -0.39 is 0 Å². The monoisotopic (exact) mass is 314 g/mol. The molecule has 1 fully saturated rings. The van der Waals surface area contributed by atoms with Crippen LogP contribution in [0, 0.1) is 29.0 Å². The number of rotatable bonds is 3. The molecule has 0 aliphatic heterocycles. The Kier molecular flexibility index (Phi) is 4.33. The largest absolute Gasteiger partial charge is 0.469 e. The second kappa shape index (κ2) is 6.41. The van der Waals surface area contributed by atoms with Crippen LogP contribution in [-0.2, 0) is 16.1 Å². The van der Waals surface area contributed by atoms with Crippen LogP contribution in [0.25, 0.3) is 10.9 Å². The van der Waals surface area contributed by atoms with Crippen LogP contribution in [0.3, 0.4) is 0 Å². The van der Waals surface area contributed by atoms with Crippen LogP contribution >= 0.6 is 0 Å². The van der Waals surface area contributed by atoms with Crippen molar-refractivity contribution in [2.45, 2.75) is 32.2 Å². The molecule has 1 saturated carbocycles. The van der Waals surface area contributed by atoms with Crippen LogP contribution in [0.2, 0.25) is 0 Å². The van der Waals surface area contributed by atoms with Crippen molar-refractivity contribution in [3.63, 3.8) is 0 Å². The molecule has 1 heterocycles. The van der Waals surface area contributed by atoms with Gasteiger partial charge in [0.1, 0.15) is 5.82 Å². The van der Waals surface area contributed by atoms with Crippen LogP contribution in [0.1, 0.15) is 31.2 Å². The van der Waals surface area contributed by atoms with Gasteiger partial charge < -0.3 is 9.30 Å². The number of hydrogen-bond donors (Lipinski definition) is 0. The summed E-state index contributed by atoms with van der Waals surface area (Å²) in [4.78, 5) is 11.6. The highest BCUT2D eigenvalue weighted by Crippen LogP contribution is 2.32. The Balaban J connectivity index is 1.74. The Morgan fingerprint density at radius 3 is 2.78 bits per heavy atom. The number of halogens is 1. The minimum Gasteiger partial charge on any atom is -0.469 e. The molecule has 2 aromatic rings. The second-order valence-corrected chi connectivity index (χ2v) is 6.21. The van der Waals surface area contributed by atoms with Gasteiger partial charge in [0.05, 0.1) is 30.2 Å². The SMILES string of the molecule is COC(=O)C1CCC(Cn2ccc3c(F)cc(C#N)cc32)CC1. The lowest BCUT2D eigenvalue weighted by Crippen LogP contribution is -2.24. The van der Waals surface area contributed by atoms with E-state index in [-0.39, 0.29) is 17.7 Å². The van der Waals surface area contributed by atoms with Gasteiger partial charge in [0, 0.05) is 18.1 Å². The number of benzene rings is 1. The summed E-state index contributed by atoms with van der Waals surface area (Å²) >= 11 is 0. The molecule has 0 spiro atoms. The summed E-state index contributed by atoms with van der Waals surface area (Å²) in [6.45, 7) is 0.783. The summed E-state index contributed by atoms with van der Waals surface area (Å²) < 4.78 is 20.8. The van der Waals surface area contributed by atoms with E-state index in [1.807, 2.05) is 16.8 Å². The van der Waals surface area contributed by atoms with Crippen LogP contribution < -0.4 is 0 Å². The van der Waals surface area contributed by atoms with Crippen molar-refractivity contribution in [1.29, 1.82) is 5.26 Å². The van der Waals surface area contributed by atoms with E-state index in [9.17, 15) is 9.18 Å². The molecule has 0 bridgehead atoms. The minimum atomic E-state index is -0.354. The standard InChI is InChI=1S/C18H19FN2O2/c1-23-18(22)14-4-2-12(3-5-14)11-21-7-6-15-16(19)8-13(10-20)9-17(15)21/h6-9,12,14H,2-5,11H2,1H3. The highest BCUT2D eigenvalue weighted by Gasteiger charge is 2.27. The first-order valence-electron chi connectivity index (χ1n) is 7.88. The molecule has 5 heteroatoms. The van der Waals surface area contributed by atoms with Gasteiger partial charge in [-0.15, -0.1) is 0 Å². The lowest BCUT2D eigenvalue weighted by Gasteiger charge is -2.27. The number of esters is 1. The molecule has 0 amide bonds.